The Bertz CT molecular complexity index is 789. The molecule has 0 unspecified atom stereocenters. The molecule has 2 heterocycles. The van der Waals surface area contributed by atoms with E-state index in [9.17, 15) is 0 Å². The average molecular weight is 294 g/mol. The third-order valence-electron chi connectivity index (χ3n) is 3.93. The van der Waals surface area contributed by atoms with Crippen molar-refractivity contribution in [2.24, 2.45) is 7.05 Å². The van der Waals surface area contributed by atoms with Crippen molar-refractivity contribution in [1.82, 2.24) is 14.8 Å². The van der Waals surface area contributed by atoms with Crippen molar-refractivity contribution in [2.75, 3.05) is 5.32 Å². The Morgan fingerprint density at radius 1 is 1.14 bits per heavy atom. The number of nitrogens with zero attached hydrogens (tertiary/aromatic N) is 3. The second-order valence-electron chi connectivity index (χ2n) is 5.51. The molecule has 4 heteroatoms. The molecule has 0 spiro atoms. The minimum Gasteiger partial charge on any atom is -0.380 e. The molecule has 0 aliphatic rings. The summed E-state index contributed by atoms with van der Waals surface area (Å²) in [4.78, 5) is 4.69. The number of hydrogen-bond acceptors (Lipinski definition) is 3. The van der Waals surface area contributed by atoms with E-state index in [4.69, 9.17) is 4.98 Å². The molecule has 4 nitrogen and oxygen atoms in total. The zero-order valence-electron chi connectivity index (χ0n) is 13.4. The van der Waals surface area contributed by atoms with Gasteiger partial charge in [-0.1, -0.05) is 32.0 Å². The lowest BCUT2D eigenvalue weighted by Crippen LogP contribution is -2.03. The number of hydrogen-bond donors (Lipinski definition) is 1. The van der Waals surface area contributed by atoms with Gasteiger partial charge in [-0.3, -0.25) is 9.67 Å². The van der Waals surface area contributed by atoms with Gasteiger partial charge in [0.15, 0.2) is 0 Å². The molecule has 0 radical (unpaired) electrons. The first-order chi connectivity index (χ1) is 10.7. The summed E-state index contributed by atoms with van der Waals surface area (Å²) >= 11 is 0. The van der Waals surface area contributed by atoms with Crippen LogP contribution in [0.4, 0.5) is 5.69 Å². The monoisotopic (exact) mass is 294 g/mol. The first kappa shape index (κ1) is 14.6. The quantitative estimate of drug-likeness (QED) is 0.780. The van der Waals surface area contributed by atoms with Gasteiger partial charge in [0.25, 0.3) is 0 Å². The molecule has 0 amide bonds. The molecule has 0 bridgehead atoms. The highest BCUT2D eigenvalue weighted by molar-refractivity contribution is 5.91. The molecule has 0 saturated heterocycles. The Hall–Kier alpha value is -2.36. The van der Waals surface area contributed by atoms with Crippen LogP contribution in [0.3, 0.4) is 0 Å². The van der Waals surface area contributed by atoms with Crippen LogP contribution in [0.25, 0.3) is 10.9 Å². The summed E-state index contributed by atoms with van der Waals surface area (Å²) in [6.45, 7) is 5.06. The van der Waals surface area contributed by atoms with Gasteiger partial charge in [0, 0.05) is 42.1 Å². The van der Waals surface area contributed by atoms with E-state index in [-0.39, 0.29) is 0 Å². The summed E-state index contributed by atoms with van der Waals surface area (Å²) in [6, 6.07) is 10.4. The first-order valence-corrected chi connectivity index (χ1v) is 7.85. The summed E-state index contributed by atoms with van der Waals surface area (Å²) in [5.41, 5.74) is 5.72. The highest BCUT2D eigenvalue weighted by Crippen LogP contribution is 2.24. The summed E-state index contributed by atoms with van der Waals surface area (Å²) in [5, 5.41) is 9.24. The predicted octanol–water partition coefficient (Wildman–Crippen LogP) is 3.71. The maximum absolute atomic E-state index is 4.69. The lowest BCUT2D eigenvalue weighted by Gasteiger charge is -2.11. The van der Waals surface area contributed by atoms with E-state index in [0.29, 0.717) is 0 Å². The van der Waals surface area contributed by atoms with Crippen LogP contribution < -0.4 is 5.32 Å². The second kappa shape index (κ2) is 6.18. The molecule has 0 aliphatic carbocycles. The van der Waals surface area contributed by atoms with Gasteiger partial charge < -0.3 is 5.32 Å². The lowest BCUT2D eigenvalue weighted by molar-refractivity contribution is 0.746. The minimum atomic E-state index is 0.786. The van der Waals surface area contributed by atoms with Crippen LogP contribution in [-0.4, -0.2) is 14.8 Å². The standard InChI is InChI=1S/C18H22N4/c1-4-14-10-18(15-8-6-7-9-17(15)20-14)19-11-13-12-22(3)21-16(13)5-2/h6-10,12H,4-5,11H2,1-3H3,(H,19,20). The topological polar surface area (TPSA) is 42.7 Å². The SMILES string of the molecule is CCc1cc(NCc2cn(C)nc2CC)c2ccccc2n1. The van der Waals surface area contributed by atoms with E-state index in [1.54, 1.807) is 0 Å². The lowest BCUT2D eigenvalue weighted by atomic mass is 10.1. The molecular formula is C18H22N4. The Morgan fingerprint density at radius 3 is 2.73 bits per heavy atom. The molecule has 2 aromatic heterocycles. The fraction of sp³-hybridized carbons (Fsp3) is 0.333. The molecule has 1 aromatic carbocycles. The summed E-state index contributed by atoms with van der Waals surface area (Å²) < 4.78 is 1.89. The average Bonchev–Trinajstić information content (AvgIpc) is 2.92. The normalized spacial score (nSPS) is 11.0. The molecule has 0 atom stereocenters. The number of rotatable bonds is 5. The molecule has 0 aliphatic heterocycles. The Morgan fingerprint density at radius 2 is 1.95 bits per heavy atom. The Balaban J connectivity index is 1.92. The van der Waals surface area contributed by atoms with Crippen LogP contribution >= 0.6 is 0 Å². The number of para-hydroxylation sites is 1. The zero-order valence-corrected chi connectivity index (χ0v) is 13.4. The highest BCUT2D eigenvalue weighted by atomic mass is 15.3. The maximum Gasteiger partial charge on any atom is 0.0726 e. The van der Waals surface area contributed by atoms with Gasteiger partial charge in [-0.15, -0.1) is 0 Å². The number of anilines is 1. The van der Waals surface area contributed by atoms with Gasteiger partial charge in [0.05, 0.1) is 11.2 Å². The molecular weight excluding hydrogens is 272 g/mol. The van der Waals surface area contributed by atoms with Crippen LogP contribution in [0.5, 0.6) is 0 Å². The molecule has 114 valence electrons. The van der Waals surface area contributed by atoms with Gasteiger partial charge >= 0.3 is 0 Å². The summed E-state index contributed by atoms with van der Waals surface area (Å²) in [5.74, 6) is 0. The Labute approximate surface area is 131 Å². The highest BCUT2D eigenvalue weighted by Gasteiger charge is 2.08. The first-order valence-electron chi connectivity index (χ1n) is 7.85. The third-order valence-corrected chi connectivity index (χ3v) is 3.93. The van der Waals surface area contributed by atoms with Crippen molar-refractivity contribution in [3.8, 4) is 0 Å². The van der Waals surface area contributed by atoms with E-state index in [1.165, 1.54) is 10.9 Å². The van der Waals surface area contributed by atoms with Gasteiger partial charge in [0.2, 0.25) is 0 Å². The van der Waals surface area contributed by atoms with Crippen molar-refractivity contribution < 1.29 is 0 Å². The molecule has 1 N–H and O–H groups in total. The van der Waals surface area contributed by atoms with Crippen LogP contribution in [0.2, 0.25) is 0 Å². The van der Waals surface area contributed by atoms with E-state index < -0.39 is 0 Å². The molecule has 3 rings (SSSR count). The fourth-order valence-corrected chi connectivity index (χ4v) is 2.78. The smallest absolute Gasteiger partial charge is 0.0726 e. The van der Waals surface area contributed by atoms with Gasteiger partial charge in [-0.2, -0.15) is 5.10 Å². The van der Waals surface area contributed by atoms with Crippen LogP contribution in [-0.2, 0) is 26.4 Å². The predicted molar refractivity (Wildman–Crippen MR) is 91.0 cm³/mol. The molecule has 0 saturated carbocycles. The van der Waals surface area contributed by atoms with Gasteiger partial charge in [-0.05, 0) is 25.0 Å². The zero-order chi connectivity index (χ0) is 15.5. The molecule has 3 aromatic rings. The van der Waals surface area contributed by atoms with Crippen LogP contribution in [0.1, 0.15) is 30.8 Å². The maximum atomic E-state index is 4.69. The fourth-order valence-electron chi connectivity index (χ4n) is 2.78. The van der Waals surface area contributed by atoms with Crippen molar-refractivity contribution in [2.45, 2.75) is 33.2 Å². The minimum absolute atomic E-state index is 0.786. The van der Waals surface area contributed by atoms with Crippen molar-refractivity contribution >= 4 is 16.6 Å². The van der Waals surface area contributed by atoms with E-state index >= 15 is 0 Å². The van der Waals surface area contributed by atoms with Crippen molar-refractivity contribution in [1.29, 1.82) is 0 Å². The Kier molecular flexibility index (Phi) is 4.09. The van der Waals surface area contributed by atoms with Crippen molar-refractivity contribution in [3.05, 3.63) is 53.5 Å². The van der Waals surface area contributed by atoms with E-state index in [2.05, 4.69) is 54.7 Å². The van der Waals surface area contributed by atoms with Gasteiger partial charge in [-0.25, -0.2) is 0 Å². The number of benzene rings is 1. The number of aromatic nitrogens is 3. The second-order valence-corrected chi connectivity index (χ2v) is 5.51. The van der Waals surface area contributed by atoms with E-state index in [1.807, 2.05) is 17.8 Å². The van der Waals surface area contributed by atoms with E-state index in [0.717, 1.165) is 42.0 Å². The molecule has 22 heavy (non-hydrogen) atoms. The summed E-state index contributed by atoms with van der Waals surface area (Å²) in [6.07, 6.45) is 3.98. The molecule has 0 fully saturated rings. The number of aryl methyl sites for hydroxylation is 3. The number of nitrogens with one attached hydrogen (secondary N) is 1. The van der Waals surface area contributed by atoms with Crippen LogP contribution in [0, 0.1) is 0 Å². The van der Waals surface area contributed by atoms with Gasteiger partial charge in [0.1, 0.15) is 0 Å². The number of fused-ring (bicyclic) bond motifs is 1. The van der Waals surface area contributed by atoms with Crippen molar-refractivity contribution in [3.63, 3.8) is 0 Å². The third kappa shape index (κ3) is 2.82. The largest absolute Gasteiger partial charge is 0.380 e. The summed E-state index contributed by atoms with van der Waals surface area (Å²) in [7, 11) is 1.97. The number of pyridine rings is 1. The van der Waals surface area contributed by atoms with Crippen LogP contribution in [0.15, 0.2) is 36.5 Å².